The molecule has 1 atom stereocenters. The zero-order chi connectivity index (χ0) is 19.2. The predicted molar refractivity (Wildman–Crippen MR) is 107 cm³/mol. The van der Waals surface area contributed by atoms with E-state index in [1.54, 1.807) is 0 Å². The van der Waals surface area contributed by atoms with E-state index in [0.717, 1.165) is 68.9 Å². The van der Waals surface area contributed by atoms with Gasteiger partial charge in [0.15, 0.2) is 0 Å². The molecule has 0 radical (unpaired) electrons. The van der Waals surface area contributed by atoms with Gasteiger partial charge in [-0.3, -0.25) is 4.79 Å². The number of benzene rings is 1. The third kappa shape index (κ3) is 4.62. The summed E-state index contributed by atoms with van der Waals surface area (Å²) in [5.41, 5.74) is 2.11. The van der Waals surface area contributed by atoms with Gasteiger partial charge in [-0.15, -0.1) is 0 Å². The molecule has 0 bridgehead atoms. The zero-order valence-corrected chi connectivity index (χ0v) is 16.3. The molecule has 1 aromatic heterocycles. The van der Waals surface area contributed by atoms with E-state index < -0.39 is 0 Å². The zero-order valence-electron chi connectivity index (χ0n) is 16.3. The number of likely N-dealkylation sites (tertiary alicyclic amines) is 1. The third-order valence-electron chi connectivity index (χ3n) is 5.66. The van der Waals surface area contributed by atoms with Crippen LogP contribution >= 0.6 is 0 Å². The van der Waals surface area contributed by atoms with E-state index in [0.29, 0.717) is 13.0 Å². The normalized spacial score (nSPS) is 21.0. The predicted octanol–water partition coefficient (Wildman–Crippen LogP) is 3.72. The number of piperidine rings is 1. The van der Waals surface area contributed by atoms with Gasteiger partial charge in [-0.2, -0.15) is 0 Å². The van der Waals surface area contributed by atoms with E-state index in [4.69, 9.17) is 9.47 Å². The van der Waals surface area contributed by atoms with E-state index in [9.17, 15) is 4.79 Å². The van der Waals surface area contributed by atoms with Crippen molar-refractivity contribution in [2.45, 2.75) is 50.7 Å². The summed E-state index contributed by atoms with van der Waals surface area (Å²) in [7, 11) is 0. The molecular formula is C22H29N3O3. The van der Waals surface area contributed by atoms with Gasteiger partial charge in [0.1, 0.15) is 5.82 Å². The Bertz CT molecular complexity index is 755. The first-order valence-corrected chi connectivity index (χ1v) is 10.4. The van der Waals surface area contributed by atoms with Crippen LogP contribution in [0.2, 0.25) is 0 Å². The number of hydrogen-bond donors (Lipinski definition) is 1. The number of nitrogens with zero attached hydrogens (tertiary/aromatic N) is 2. The number of aromatic nitrogens is 2. The van der Waals surface area contributed by atoms with Crippen molar-refractivity contribution in [1.29, 1.82) is 0 Å². The van der Waals surface area contributed by atoms with Crippen LogP contribution in [0.4, 0.5) is 0 Å². The molecule has 3 heterocycles. The number of rotatable bonds is 6. The van der Waals surface area contributed by atoms with Gasteiger partial charge in [0.25, 0.3) is 0 Å². The molecule has 1 N–H and O–H groups in total. The summed E-state index contributed by atoms with van der Waals surface area (Å²) < 4.78 is 11.3. The Balaban J connectivity index is 1.37. The Labute approximate surface area is 166 Å². The van der Waals surface area contributed by atoms with Crippen LogP contribution in [-0.2, 0) is 14.3 Å². The summed E-state index contributed by atoms with van der Waals surface area (Å²) in [6, 6.07) is 10.2. The van der Waals surface area contributed by atoms with E-state index >= 15 is 0 Å². The number of amides is 1. The van der Waals surface area contributed by atoms with Gasteiger partial charge in [-0.25, -0.2) is 4.98 Å². The highest BCUT2D eigenvalue weighted by atomic mass is 16.5. The molecule has 150 valence electrons. The van der Waals surface area contributed by atoms with Gasteiger partial charge in [0.2, 0.25) is 5.91 Å². The molecule has 1 amide bonds. The largest absolute Gasteiger partial charge is 0.381 e. The monoisotopic (exact) mass is 383 g/mol. The number of carbonyl (C=O) groups excluding carboxylic acids is 1. The van der Waals surface area contributed by atoms with Gasteiger partial charge in [0, 0.05) is 19.8 Å². The maximum absolute atomic E-state index is 12.9. The molecule has 4 rings (SSSR count). The van der Waals surface area contributed by atoms with Gasteiger partial charge >= 0.3 is 0 Å². The minimum absolute atomic E-state index is 0.0294. The highest BCUT2D eigenvalue weighted by Crippen LogP contribution is 2.31. The molecule has 6 nitrogen and oxygen atoms in total. The Morgan fingerprint density at radius 3 is 2.82 bits per heavy atom. The Morgan fingerprint density at radius 1 is 1.18 bits per heavy atom. The van der Waals surface area contributed by atoms with E-state index in [-0.39, 0.29) is 18.1 Å². The van der Waals surface area contributed by atoms with Crippen molar-refractivity contribution in [1.82, 2.24) is 14.9 Å². The van der Waals surface area contributed by atoms with Crippen LogP contribution in [0.5, 0.6) is 0 Å². The molecule has 28 heavy (non-hydrogen) atoms. The van der Waals surface area contributed by atoms with Crippen LogP contribution in [0.25, 0.3) is 11.3 Å². The fourth-order valence-corrected chi connectivity index (χ4v) is 4.08. The summed E-state index contributed by atoms with van der Waals surface area (Å²) >= 11 is 0. The number of H-pyrrole nitrogens is 1. The van der Waals surface area contributed by atoms with E-state index in [1.165, 1.54) is 0 Å². The summed E-state index contributed by atoms with van der Waals surface area (Å²) in [5, 5.41) is 0. The second kappa shape index (κ2) is 9.34. The summed E-state index contributed by atoms with van der Waals surface area (Å²) in [5.74, 6) is 1.05. The van der Waals surface area contributed by atoms with Crippen molar-refractivity contribution in [2.24, 2.45) is 0 Å². The van der Waals surface area contributed by atoms with E-state index in [2.05, 4.69) is 22.1 Å². The Kier molecular flexibility index (Phi) is 6.39. The van der Waals surface area contributed by atoms with Crippen molar-refractivity contribution in [3.8, 4) is 11.3 Å². The molecule has 0 spiro atoms. The van der Waals surface area contributed by atoms with Gasteiger partial charge < -0.3 is 19.4 Å². The molecule has 2 aliphatic rings. The maximum Gasteiger partial charge on any atom is 0.225 e. The number of aromatic amines is 1. The lowest BCUT2D eigenvalue weighted by Crippen LogP contribution is -2.39. The fourth-order valence-electron chi connectivity index (χ4n) is 4.08. The van der Waals surface area contributed by atoms with Crippen molar-refractivity contribution >= 4 is 5.91 Å². The summed E-state index contributed by atoms with van der Waals surface area (Å²) in [4.78, 5) is 22.9. The van der Waals surface area contributed by atoms with Crippen LogP contribution < -0.4 is 0 Å². The van der Waals surface area contributed by atoms with Crippen molar-refractivity contribution < 1.29 is 14.3 Å². The molecule has 1 unspecified atom stereocenters. The topological polar surface area (TPSA) is 67.5 Å². The average molecular weight is 383 g/mol. The highest BCUT2D eigenvalue weighted by Gasteiger charge is 2.30. The lowest BCUT2D eigenvalue weighted by atomic mass is 10.0. The first-order valence-electron chi connectivity index (χ1n) is 10.4. The molecular weight excluding hydrogens is 354 g/mol. The molecule has 2 aromatic rings. The standard InChI is InChI=1S/C22H29N3O3/c26-21(11-15-28-18-9-13-27-14-10-18)25-12-5-4-8-20(25)22-23-16-19(24-22)17-6-2-1-3-7-17/h1-3,6-7,16,18,20H,4-5,8-15H2,(H,23,24). The average Bonchev–Trinajstić information content (AvgIpc) is 3.25. The first-order chi connectivity index (χ1) is 13.8. The van der Waals surface area contributed by atoms with Crippen LogP contribution in [0, 0.1) is 0 Å². The Hall–Kier alpha value is -2.18. The minimum atomic E-state index is 0.0294. The van der Waals surface area contributed by atoms with Crippen molar-refractivity contribution in [3.63, 3.8) is 0 Å². The van der Waals surface area contributed by atoms with Crippen LogP contribution in [0.1, 0.15) is 50.4 Å². The lowest BCUT2D eigenvalue weighted by molar-refractivity contribution is -0.137. The molecule has 2 fully saturated rings. The van der Waals surface area contributed by atoms with Crippen LogP contribution in [0.15, 0.2) is 36.5 Å². The third-order valence-corrected chi connectivity index (χ3v) is 5.66. The molecule has 2 aliphatic heterocycles. The number of carbonyl (C=O) groups is 1. The second-order valence-corrected chi connectivity index (χ2v) is 7.58. The van der Waals surface area contributed by atoms with Gasteiger partial charge in [0.05, 0.1) is 37.1 Å². The molecule has 1 aromatic carbocycles. The van der Waals surface area contributed by atoms with E-state index in [1.807, 2.05) is 29.3 Å². The molecule has 0 saturated carbocycles. The number of hydrogen-bond acceptors (Lipinski definition) is 4. The van der Waals surface area contributed by atoms with Gasteiger partial charge in [-0.1, -0.05) is 30.3 Å². The number of nitrogens with one attached hydrogen (secondary N) is 1. The Morgan fingerprint density at radius 2 is 2.00 bits per heavy atom. The number of ether oxygens (including phenoxy) is 2. The summed E-state index contributed by atoms with van der Waals surface area (Å²) in [6.07, 6.45) is 7.51. The quantitative estimate of drug-likeness (QED) is 0.826. The van der Waals surface area contributed by atoms with Crippen LogP contribution in [-0.4, -0.2) is 53.2 Å². The second-order valence-electron chi connectivity index (χ2n) is 7.58. The lowest BCUT2D eigenvalue weighted by Gasteiger charge is -2.35. The van der Waals surface area contributed by atoms with Crippen LogP contribution in [0.3, 0.4) is 0 Å². The fraction of sp³-hybridized carbons (Fsp3) is 0.545. The first kappa shape index (κ1) is 19.2. The smallest absolute Gasteiger partial charge is 0.225 e. The van der Waals surface area contributed by atoms with Crippen molar-refractivity contribution in [3.05, 3.63) is 42.4 Å². The minimum Gasteiger partial charge on any atom is -0.381 e. The molecule has 6 heteroatoms. The summed E-state index contributed by atoms with van der Waals surface area (Å²) in [6.45, 7) is 2.80. The van der Waals surface area contributed by atoms with Gasteiger partial charge in [-0.05, 0) is 37.7 Å². The molecule has 2 saturated heterocycles. The number of imidazole rings is 1. The maximum atomic E-state index is 12.9. The van der Waals surface area contributed by atoms with Crippen molar-refractivity contribution in [2.75, 3.05) is 26.4 Å². The highest BCUT2D eigenvalue weighted by molar-refractivity contribution is 5.77. The SMILES string of the molecule is O=C(CCOC1CCOCC1)N1CCCCC1c1ncc(-c2ccccc2)[nH]1. The molecule has 0 aliphatic carbocycles.